The van der Waals surface area contributed by atoms with Crippen molar-refractivity contribution >= 4 is 17.4 Å². The number of halogens is 1. The highest BCUT2D eigenvalue weighted by Crippen LogP contribution is 2.14. The maximum absolute atomic E-state index is 12.7. The number of hydrogen-bond acceptors (Lipinski definition) is 2. The zero-order valence-electron chi connectivity index (χ0n) is 6.30. The largest absolute Gasteiger partial charge is 0.399 e. The van der Waals surface area contributed by atoms with Crippen molar-refractivity contribution in [1.82, 2.24) is 0 Å². The standard InChI is InChI=1S/C8H10FNS/c1-11-5-6-2-7(9)4-8(10)3-6/h2-4H,5,10H2,1H3. The van der Waals surface area contributed by atoms with E-state index < -0.39 is 0 Å². The molecule has 11 heavy (non-hydrogen) atoms. The van der Waals surface area contributed by atoms with Crippen LogP contribution >= 0.6 is 11.8 Å². The number of thioether (sulfide) groups is 1. The van der Waals surface area contributed by atoms with E-state index in [4.69, 9.17) is 5.73 Å². The molecular weight excluding hydrogens is 161 g/mol. The average Bonchev–Trinajstić information content (AvgIpc) is 1.85. The summed E-state index contributed by atoms with van der Waals surface area (Å²) in [6.45, 7) is 0. The van der Waals surface area contributed by atoms with E-state index >= 15 is 0 Å². The minimum atomic E-state index is -0.256. The van der Waals surface area contributed by atoms with E-state index in [2.05, 4.69) is 0 Å². The SMILES string of the molecule is CSCc1cc(N)cc(F)c1. The Balaban J connectivity index is 2.89. The zero-order chi connectivity index (χ0) is 8.27. The molecule has 3 heteroatoms. The molecule has 0 aliphatic rings. The second kappa shape index (κ2) is 3.62. The van der Waals surface area contributed by atoms with E-state index in [1.165, 1.54) is 12.1 Å². The number of nitrogens with two attached hydrogens (primary N) is 1. The molecule has 0 radical (unpaired) electrons. The van der Waals surface area contributed by atoms with Gasteiger partial charge in [-0.2, -0.15) is 11.8 Å². The summed E-state index contributed by atoms with van der Waals surface area (Å²) in [5.74, 6) is 0.552. The Morgan fingerprint density at radius 3 is 2.73 bits per heavy atom. The molecule has 0 heterocycles. The molecule has 0 saturated carbocycles. The third kappa shape index (κ3) is 2.42. The van der Waals surface area contributed by atoms with Gasteiger partial charge in [0, 0.05) is 11.4 Å². The molecule has 0 saturated heterocycles. The van der Waals surface area contributed by atoms with Gasteiger partial charge in [-0.05, 0) is 30.0 Å². The van der Waals surface area contributed by atoms with Crippen molar-refractivity contribution in [3.05, 3.63) is 29.6 Å². The lowest BCUT2D eigenvalue weighted by Crippen LogP contribution is -1.89. The predicted octanol–water partition coefficient (Wildman–Crippen LogP) is 2.27. The van der Waals surface area contributed by atoms with E-state index in [-0.39, 0.29) is 5.82 Å². The van der Waals surface area contributed by atoms with Crippen LogP contribution < -0.4 is 5.73 Å². The predicted molar refractivity (Wildman–Crippen MR) is 48.0 cm³/mol. The summed E-state index contributed by atoms with van der Waals surface area (Å²) in [7, 11) is 0. The Kier molecular flexibility index (Phi) is 2.76. The van der Waals surface area contributed by atoms with Crippen molar-refractivity contribution in [1.29, 1.82) is 0 Å². The van der Waals surface area contributed by atoms with Crippen molar-refractivity contribution in [3.8, 4) is 0 Å². The van der Waals surface area contributed by atoms with Gasteiger partial charge in [0.05, 0.1) is 0 Å². The Hall–Kier alpha value is -0.700. The molecule has 0 aromatic heterocycles. The van der Waals surface area contributed by atoms with E-state index in [9.17, 15) is 4.39 Å². The molecule has 0 unspecified atom stereocenters. The first-order valence-electron chi connectivity index (χ1n) is 3.26. The molecular formula is C8H10FNS. The summed E-state index contributed by atoms with van der Waals surface area (Å²) in [4.78, 5) is 0. The zero-order valence-corrected chi connectivity index (χ0v) is 7.12. The molecule has 0 fully saturated rings. The summed E-state index contributed by atoms with van der Waals surface area (Å²) in [5, 5.41) is 0. The first kappa shape index (κ1) is 8.40. The first-order valence-corrected chi connectivity index (χ1v) is 4.65. The van der Waals surface area contributed by atoms with Gasteiger partial charge in [0.25, 0.3) is 0 Å². The molecule has 1 rings (SSSR count). The van der Waals surface area contributed by atoms with Crippen LogP contribution in [0.15, 0.2) is 18.2 Å². The molecule has 1 aromatic rings. The summed E-state index contributed by atoms with van der Waals surface area (Å²) < 4.78 is 12.7. The molecule has 60 valence electrons. The summed E-state index contributed by atoms with van der Waals surface area (Å²) in [6.07, 6.45) is 1.97. The van der Waals surface area contributed by atoms with Gasteiger partial charge in [0.1, 0.15) is 5.82 Å². The number of rotatable bonds is 2. The average molecular weight is 171 g/mol. The molecule has 0 spiro atoms. The molecule has 2 N–H and O–H groups in total. The van der Waals surface area contributed by atoms with Gasteiger partial charge in [-0.1, -0.05) is 0 Å². The second-order valence-electron chi connectivity index (χ2n) is 2.33. The van der Waals surface area contributed by atoms with E-state index in [0.717, 1.165) is 11.3 Å². The monoisotopic (exact) mass is 171 g/mol. The molecule has 0 amide bonds. The maximum Gasteiger partial charge on any atom is 0.125 e. The number of benzene rings is 1. The highest BCUT2D eigenvalue weighted by molar-refractivity contribution is 7.97. The van der Waals surface area contributed by atoms with E-state index in [1.807, 2.05) is 6.26 Å². The fourth-order valence-electron chi connectivity index (χ4n) is 0.925. The van der Waals surface area contributed by atoms with Crippen LogP contribution in [0.1, 0.15) is 5.56 Å². The highest BCUT2D eigenvalue weighted by atomic mass is 32.2. The minimum absolute atomic E-state index is 0.256. The number of hydrogen-bond donors (Lipinski definition) is 1. The van der Waals surface area contributed by atoms with Gasteiger partial charge < -0.3 is 5.73 Å². The summed E-state index contributed by atoms with van der Waals surface area (Å²) in [5.41, 5.74) is 6.87. The van der Waals surface area contributed by atoms with Gasteiger partial charge in [-0.25, -0.2) is 4.39 Å². The molecule has 1 nitrogen and oxygen atoms in total. The number of anilines is 1. The van der Waals surface area contributed by atoms with Crippen LogP contribution in [0.25, 0.3) is 0 Å². The van der Waals surface area contributed by atoms with Crippen LogP contribution in [0.2, 0.25) is 0 Å². The van der Waals surface area contributed by atoms with Crippen molar-refractivity contribution < 1.29 is 4.39 Å². The normalized spacial score (nSPS) is 10.0. The smallest absolute Gasteiger partial charge is 0.125 e. The van der Waals surface area contributed by atoms with Crippen LogP contribution in [0.3, 0.4) is 0 Å². The van der Waals surface area contributed by atoms with Crippen molar-refractivity contribution in [3.63, 3.8) is 0 Å². The topological polar surface area (TPSA) is 26.0 Å². The third-order valence-corrected chi connectivity index (χ3v) is 1.91. The van der Waals surface area contributed by atoms with Crippen LogP contribution in [0.4, 0.5) is 10.1 Å². The molecule has 0 aliphatic heterocycles. The second-order valence-corrected chi connectivity index (χ2v) is 3.19. The summed E-state index contributed by atoms with van der Waals surface area (Å²) >= 11 is 1.65. The van der Waals surface area contributed by atoms with Crippen LogP contribution in [0.5, 0.6) is 0 Å². The summed E-state index contributed by atoms with van der Waals surface area (Å²) in [6, 6.07) is 4.62. The fraction of sp³-hybridized carbons (Fsp3) is 0.250. The van der Waals surface area contributed by atoms with Gasteiger partial charge in [-0.15, -0.1) is 0 Å². The Labute approximate surface area is 69.8 Å². The lowest BCUT2D eigenvalue weighted by Gasteiger charge is -1.99. The van der Waals surface area contributed by atoms with Crippen molar-refractivity contribution in [2.75, 3.05) is 12.0 Å². The Bertz CT molecular complexity index is 230. The van der Waals surface area contributed by atoms with Gasteiger partial charge in [0.15, 0.2) is 0 Å². The van der Waals surface area contributed by atoms with E-state index in [0.29, 0.717) is 5.69 Å². The van der Waals surface area contributed by atoms with Gasteiger partial charge >= 0.3 is 0 Å². The van der Waals surface area contributed by atoms with Gasteiger partial charge in [0.2, 0.25) is 0 Å². The van der Waals surface area contributed by atoms with Gasteiger partial charge in [-0.3, -0.25) is 0 Å². The highest BCUT2D eigenvalue weighted by Gasteiger charge is 1.96. The number of nitrogen functional groups attached to an aromatic ring is 1. The molecule has 1 aromatic carbocycles. The molecule has 0 atom stereocenters. The van der Waals surface area contributed by atoms with Crippen LogP contribution in [0, 0.1) is 5.82 Å². The fourth-order valence-corrected chi connectivity index (χ4v) is 1.43. The van der Waals surface area contributed by atoms with Crippen molar-refractivity contribution in [2.45, 2.75) is 5.75 Å². The quantitative estimate of drug-likeness (QED) is 0.691. The lowest BCUT2D eigenvalue weighted by atomic mass is 10.2. The first-order chi connectivity index (χ1) is 5.22. The van der Waals surface area contributed by atoms with Crippen molar-refractivity contribution in [2.24, 2.45) is 0 Å². The molecule has 0 bridgehead atoms. The Morgan fingerprint density at radius 1 is 1.45 bits per heavy atom. The van der Waals surface area contributed by atoms with Crippen LogP contribution in [-0.4, -0.2) is 6.26 Å². The maximum atomic E-state index is 12.7. The Morgan fingerprint density at radius 2 is 2.18 bits per heavy atom. The third-order valence-electron chi connectivity index (χ3n) is 1.29. The molecule has 0 aliphatic carbocycles. The van der Waals surface area contributed by atoms with E-state index in [1.54, 1.807) is 17.8 Å². The minimum Gasteiger partial charge on any atom is -0.399 e. The van der Waals surface area contributed by atoms with Crippen LogP contribution in [-0.2, 0) is 5.75 Å². The lowest BCUT2D eigenvalue weighted by molar-refractivity contribution is 0.627.